The Morgan fingerprint density at radius 1 is 1.50 bits per heavy atom. The quantitative estimate of drug-likeness (QED) is 0.757. The van der Waals surface area contributed by atoms with Gasteiger partial charge in [-0.2, -0.15) is 0 Å². The van der Waals surface area contributed by atoms with E-state index in [0.29, 0.717) is 6.61 Å². The molecular weight excluding hydrogens is 232 g/mol. The molecule has 100 valence electrons. The Morgan fingerprint density at radius 3 is 3.11 bits per heavy atom. The SMILES string of the molecule is C=C=C(C)CC1CCC2O[C@@H]3CC2(CO[C@H]3O)O1. The van der Waals surface area contributed by atoms with Gasteiger partial charge >= 0.3 is 0 Å². The van der Waals surface area contributed by atoms with E-state index >= 15 is 0 Å². The molecule has 2 bridgehead atoms. The molecule has 3 fully saturated rings. The molecule has 1 N–H and O–H groups in total. The maximum Gasteiger partial charge on any atom is 0.181 e. The van der Waals surface area contributed by atoms with Crippen molar-refractivity contribution in [2.24, 2.45) is 0 Å². The van der Waals surface area contributed by atoms with Crippen molar-refractivity contribution in [3.8, 4) is 0 Å². The Balaban J connectivity index is 1.73. The zero-order chi connectivity index (χ0) is 12.8. The molecule has 1 spiro atoms. The molecule has 0 aromatic carbocycles. The Kier molecular flexibility index (Phi) is 3.08. The van der Waals surface area contributed by atoms with Crippen LogP contribution in [0.25, 0.3) is 0 Å². The zero-order valence-corrected chi connectivity index (χ0v) is 10.7. The lowest BCUT2D eigenvalue weighted by atomic mass is 9.85. The lowest BCUT2D eigenvalue weighted by molar-refractivity contribution is -0.221. The van der Waals surface area contributed by atoms with Crippen LogP contribution in [0.1, 0.15) is 32.6 Å². The van der Waals surface area contributed by atoms with Crippen molar-refractivity contribution in [3.05, 3.63) is 17.9 Å². The molecule has 3 aliphatic rings. The highest BCUT2D eigenvalue weighted by atomic mass is 16.7. The minimum atomic E-state index is -0.793. The Labute approximate surface area is 107 Å². The molecule has 3 saturated heterocycles. The number of hydrogen-bond acceptors (Lipinski definition) is 4. The fourth-order valence-corrected chi connectivity index (χ4v) is 3.28. The van der Waals surface area contributed by atoms with Gasteiger partial charge in [-0.15, -0.1) is 5.73 Å². The van der Waals surface area contributed by atoms with Crippen molar-refractivity contribution < 1.29 is 19.3 Å². The first-order valence-corrected chi connectivity index (χ1v) is 6.61. The van der Waals surface area contributed by atoms with Gasteiger partial charge in [0.25, 0.3) is 0 Å². The summed E-state index contributed by atoms with van der Waals surface area (Å²) in [5, 5.41) is 9.66. The highest BCUT2D eigenvalue weighted by Gasteiger charge is 2.58. The van der Waals surface area contributed by atoms with Crippen molar-refractivity contribution >= 4 is 0 Å². The largest absolute Gasteiger partial charge is 0.366 e. The van der Waals surface area contributed by atoms with Crippen LogP contribution in [-0.4, -0.2) is 41.9 Å². The summed E-state index contributed by atoms with van der Waals surface area (Å²) >= 11 is 0. The van der Waals surface area contributed by atoms with Crippen LogP contribution in [0.15, 0.2) is 17.9 Å². The highest BCUT2D eigenvalue weighted by Crippen LogP contribution is 2.46. The van der Waals surface area contributed by atoms with Crippen molar-refractivity contribution in [1.82, 2.24) is 0 Å². The van der Waals surface area contributed by atoms with Gasteiger partial charge in [0.2, 0.25) is 0 Å². The first kappa shape index (κ1) is 12.4. The van der Waals surface area contributed by atoms with Crippen LogP contribution >= 0.6 is 0 Å². The van der Waals surface area contributed by atoms with Gasteiger partial charge in [-0.3, -0.25) is 0 Å². The minimum absolute atomic E-state index is 0.0731. The number of hydrogen-bond donors (Lipinski definition) is 1. The first-order chi connectivity index (χ1) is 8.63. The first-order valence-electron chi connectivity index (χ1n) is 6.61. The molecule has 4 heteroatoms. The molecule has 3 heterocycles. The minimum Gasteiger partial charge on any atom is -0.366 e. The molecule has 3 unspecified atom stereocenters. The van der Waals surface area contributed by atoms with Gasteiger partial charge in [-0.25, -0.2) is 0 Å². The van der Waals surface area contributed by atoms with Crippen LogP contribution in [0.5, 0.6) is 0 Å². The van der Waals surface area contributed by atoms with Crippen LogP contribution in [-0.2, 0) is 14.2 Å². The van der Waals surface area contributed by atoms with E-state index < -0.39 is 6.29 Å². The van der Waals surface area contributed by atoms with Gasteiger partial charge in [0.15, 0.2) is 6.29 Å². The standard InChI is InChI=1S/C14H20O4/c1-3-9(2)6-10-4-5-12-14(18-10)7-11(17-12)13(15)16-8-14/h10-13,15H,1,4-8H2,2H3/t10?,11-,12?,13-,14?/m1/s1. The third-order valence-electron chi connectivity index (χ3n) is 4.28. The van der Waals surface area contributed by atoms with Crippen LogP contribution in [0.4, 0.5) is 0 Å². The maximum atomic E-state index is 9.66. The van der Waals surface area contributed by atoms with Crippen molar-refractivity contribution in [2.75, 3.05) is 6.61 Å². The van der Waals surface area contributed by atoms with Crippen molar-refractivity contribution in [1.29, 1.82) is 0 Å². The molecule has 0 aliphatic carbocycles. The number of ether oxygens (including phenoxy) is 3. The van der Waals surface area contributed by atoms with Gasteiger partial charge in [-0.1, -0.05) is 6.58 Å². The van der Waals surface area contributed by atoms with Crippen LogP contribution in [0.3, 0.4) is 0 Å². The van der Waals surface area contributed by atoms with Crippen LogP contribution < -0.4 is 0 Å². The summed E-state index contributed by atoms with van der Waals surface area (Å²) in [4.78, 5) is 0. The van der Waals surface area contributed by atoms with E-state index in [1.165, 1.54) is 0 Å². The summed E-state index contributed by atoms with van der Waals surface area (Å²) in [6.45, 7) is 6.12. The van der Waals surface area contributed by atoms with E-state index in [4.69, 9.17) is 14.2 Å². The number of aliphatic hydroxyl groups excluding tert-OH is 1. The van der Waals surface area contributed by atoms with E-state index in [9.17, 15) is 5.11 Å². The third-order valence-corrected chi connectivity index (χ3v) is 4.28. The molecule has 18 heavy (non-hydrogen) atoms. The zero-order valence-electron chi connectivity index (χ0n) is 10.7. The second-order valence-electron chi connectivity index (χ2n) is 5.61. The fourth-order valence-electron chi connectivity index (χ4n) is 3.28. The van der Waals surface area contributed by atoms with E-state index in [2.05, 4.69) is 12.3 Å². The van der Waals surface area contributed by atoms with Gasteiger partial charge in [-0.05, 0) is 25.3 Å². The Morgan fingerprint density at radius 2 is 2.33 bits per heavy atom. The molecule has 0 aromatic heterocycles. The molecule has 4 nitrogen and oxygen atoms in total. The summed E-state index contributed by atoms with van der Waals surface area (Å²) in [6, 6.07) is 0. The van der Waals surface area contributed by atoms with E-state index in [1.807, 2.05) is 6.92 Å². The average molecular weight is 252 g/mol. The van der Waals surface area contributed by atoms with Crippen LogP contribution in [0.2, 0.25) is 0 Å². The van der Waals surface area contributed by atoms with Crippen molar-refractivity contribution in [2.45, 2.75) is 62.8 Å². The van der Waals surface area contributed by atoms with E-state index in [1.54, 1.807) is 0 Å². The monoisotopic (exact) mass is 252 g/mol. The van der Waals surface area contributed by atoms with E-state index in [0.717, 1.165) is 31.3 Å². The molecule has 3 aliphatic heterocycles. The lowest BCUT2D eigenvalue weighted by Gasteiger charge is -2.42. The van der Waals surface area contributed by atoms with Gasteiger partial charge in [0, 0.05) is 12.8 Å². The third kappa shape index (κ3) is 1.94. The Hall–Kier alpha value is -0.640. The van der Waals surface area contributed by atoms with Gasteiger partial charge < -0.3 is 19.3 Å². The second kappa shape index (κ2) is 4.48. The highest BCUT2D eigenvalue weighted by molar-refractivity contribution is 5.06. The number of rotatable bonds is 2. The number of fused-ring (bicyclic) bond motifs is 1. The summed E-state index contributed by atoms with van der Waals surface area (Å²) < 4.78 is 17.5. The average Bonchev–Trinajstić information content (AvgIpc) is 2.68. The number of aliphatic hydroxyl groups is 1. The maximum absolute atomic E-state index is 9.66. The normalized spacial score (nSPS) is 46.3. The lowest BCUT2D eigenvalue weighted by Crippen LogP contribution is -2.53. The van der Waals surface area contributed by atoms with Crippen LogP contribution in [0, 0.1) is 0 Å². The molecule has 5 atom stereocenters. The topological polar surface area (TPSA) is 47.9 Å². The smallest absolute Gasteiger partial charge is 0.181 e. The summed E-state index contributed by atoms with van der Waals surface area (Å²) in [6.07, 6.45) is 2.81. The summed E-state index contributed by atoms with van der Waals surface area (Å²) in [5.74, 6) is 0. The molecular formula is C14H20O4. The van der Waals surface area contributed by atoms with E-state index in [-0.39, 0.29) is 23.9 Å². The molecule has 3 rings (SSSR count). The molecule has 0 amide bonds. The van der Waals surface area contributed by atoms with Gasteiger partial charge in [0.1, 0.15) is 11.7 Å². The van der Waals surface area contributed by atoms with Gasteiger partial charge in [0.05, 0.1) is 18.8 Å². The van der Waals surface area contributed by atoms with Crippen molar-refractivity contribution in [3.63, 3.8) is 0 Å². The second-order valence-corrected chi connectivity index (χ2v) is 5.61. The fraction of sp³-hybridized carbons (Fsp3) is 0.786. The molecule has 0 saturated carbocycles. The predicted octanol–water partition coefficient (Wildman–Crippen LogP) is 1.53. The molecule has 0 aromatic rings. The predicted molar refractivity (Wildman–Crippen MR) is 65.0 cm³/mol. The molecule has 0 radical (unpaired) electrons. The summed E-state index contributed by atoms with van der Waals surface area (Å²) in [7, 11) is 0. The summed E-state index contributed by atoms with van der Waals surface area (Å²) in [5.41, 5.74) is 3.70. The Bertz CT molecular complexity index is 387.